The minimum absolute atomic E-state index is 0.711. The maximum absolute atomic E-state index is 5.63. The van der Waals surface area contributed by atoms with Crippen molar-refractivity contribution in [3.8, 4) is 11.8 Å². The van der Waals surface area contributed by atoms with Gasteiger partial charge >= 0.3 is 0 Å². The summed E-state index contributed by atoms with van der Waals surface area (Å²) in [6.45, 7) is 4.55. The molecule has 1 aromatic heterocycles. The Hall–Kier alpha value is -1.93. The first-order chi connectivity index (χ1) is 8.69. The van der Waals surface area contributed by atoms with Crippen LogP contribution in [0.1, 0.15) is 18.7 Å². The van der Waals surface area contributed by atoms with Crippen LogP contribution in [0.25, 0.3) is 0 Å². The van der Waals surface area contributed by atoms with Crippen molar-refractivity contribution in [1.82, 2.24) is 0 Å². The molecule has 2 heterocycles. The molecule has 0 saturated carbocycles. The molecule has 0 unspecified atom stereocenters. The van der Waals surface area contributed by atoms with E-state index in [4.69, 9.17) is 5.73 Å². The topological polar surface area (TPSA) is 53.6 Å². The fourth-order valence-corrected chi connectivity index (χ4v) is 2.85. The summed E-state index contributed by atoms with van der Waals surface area (Å²) in [5, 5.41) is 4.46. The Balaban J connectivity index is 2.49. The fraction of sp³-hybridized carbons (Fsp3) is 0.308. The second-order valence-electron chi connectivity index (χ2n) is 3.89. The van der Waals surface area contributed by atoms with E-state index in [0.29, 0.717) is 6.54 Å². The maximum atomic E-state index is 5.63. The highest BCUT2D eigenvalue weighted by Crippen LogP contribution is 2.39. The van der Waals surface area contributed by atoms with Crippen LogP contribution in [-0.4, -0.2) is 19.4 Å². The zero-order valence-electron chi connectivity index (χ0n) is 10.7. The van der Waals surface area contributed by atoms with E-state index >= 15 is 0 Å². The third kappa shape index (κ3) is 2.20. The highest BCUT2D eigenvalue weighted by molar-refractivity contribution is 7.17. The van der Waals surface area contributed by atoms with Gasteiger partial charge in [0.05, 0.1) is 17.1 Å². The smallest absolute Gasteiger partial charge is 0.121 e. The molecule has 0 atom stereocenters. The summed E-state index contributed by atoms with van der Waals surface area (Å²) in [5.41, 5.74) is 7.68. The second-order valence-corrected chi connectivity index (χ2v) is 4.92. The highest BCUT2D eigenvalue weighted by Gasteiger charge is 2.24. The van der Waals surface area contributed by atoms with Gasteiger partial charge in [0.25, 0.3) is 0 Å². The summed E-state index contributed by atoms with van der Waals surface area (Å²) in [4.78, 5) is 7.43. The summed E-state index contributed by atoms with van der Waals surface area (Å²) in [6.07, 6.45) is 1.62. The van der Waals surface area contributed by atoms with Gasteiger partial charge in [0.2, 0.25) is 0 Å². The first kappa shape index (κ1) is 12.5. The van der Waals surface area contributed by atoms with Crippen LogP contribution < -0.4 is 16.0 Å². The molecular weight excluding hydrogens is 244 g/mol. The number of amidine groups is 1. The molecule has 0 bridgehead atoms. The number of hydrogen-bond acceptors (Lipinski definition) is 4. The van der Waals surface area contributed by atoms with Crippen molar-refractivity contribution in [1.29, 1.82) is 0 Å². The van der Waals surface area contributed by atoms with E-state index in [0.717, 1.165) is 27.1 Å². The van der Waals surface area contributed by atoms with Crippen molar-refractivity contribution in [3.63, 3.8) is 0 Å². The van der Waals surface area contributed by atoms with E-state index in [1.807, 2.05) is 13.8 Å². The monoisotopic (exact) mass is 260 g/mol. The molecule has 1 aromatic rings. The van der Waals surface area contributed by atoms with Crippen molar-refractivity contribution in [2.24, 2.45) is 10.7 Å². The second kappa shape index (κ2) is 5.15. The molecule has 0 amide bonds. The van der Waals surface area contributed by atoms with E-state index in [1.165, 1.54) is 0 Å². The predicted octanol–water partition coefficient (Wildman–Crippen LogP) is 2.20. The van der Waals surface area contributed by atoms with Gasteiger partial charge in [0, 0.05) is 18.9 Å². The third-order valence-electron chi connectivity index (χ3n) is 2.73. The fourth-order valence-electron chi connectivity index (χ4n) is 1.77. The van der Waals surface area contributed by atoms with Crippen molar-refractivity contribution in [2.45, 2.75) is 13.8 Å². The standard InChI is InChI=1S/C13H16N4S/c1-4-5-10-6-11-13(18-10)17(9(2)7-14)8-12(15-3)16-11/h6-7H,8,14H2,1-3H3,(H,15,16)/b9-7-. The molecular formula is C13H16N4S. The average Bonchev–Trinajstić information content (AvgIpc) is 2.79. The molecule has 0 aliphatic carbocycles. The molecule has 0 fully saturated rings. The van der Waals surface area contributed by atoms with Gasteiger partial charge in [-0.15, -0.1) is 17.3 Å². The lowest BCUT2D eigenvalue weighted by Crippen LogP contribution is -2.36. The number of nitrogens with one attached hydrogen (secondary N) is 1. The summed E-state index contributed by atoms with van der Waals surface area (Å²) in [7, 11) is 1.78. The molecule has 1 aliphatic rings. The van der Waals surface area contributed by atoms with Gasteiger partial charge in [-0.3, -0.25) is 4.99 Å². The average molecular weight is 260 g/mol. The van der Waals surface area contributed by atoms with E-state index in [2.05, 4.69) is 33.1 Å². The number of rotatable bonds is 1. The number of thiophene rings is 1. The lowest BCUT2D eigenvalue weighted by molar-refractivity contribution is 1.02. The Labute approximate surface area is 111 Å². The van der Waals surface area contributed by atoms with Gasteiger partial charge < -0.3 is 16.0 Å². The van der Waals surface area contributed by atoms with E-state index in [-0.39, 0.29) is 0 Å². The number of nitrogens with zero attached hydrogens (tertiary/aromatic N) is 2. The van der Waals surface area contributed by atoms with Crippen LogP contribution in [0.5, 0.6) is 0 Å². The Morgan fingerprint density at radius 3 is 3.06 bits per heavy atom. The quantitative estimate of drug-likeness (QED) is 0.761. The molecule has 18 heavy (non-hydrogen) atoms. The zero-order chi connectivity index (χ0) is 13.1. The van der Waals surface area contributed by atoms with Crippen LogP contribution in [-0.2, 0) is 0 Å². The van der Waals surface area contributed by atoms with Crippen molar-refractivity contribution >= 4 is 27.9 Å². The summed E-state index contributed by atoms with van der Waals surface area (Å²) in [6, 6.07) is 2.05. The first-order valence-electron chi connectivity index (χ1n) is 5.65. The van der Waals surface area contributed by atoms with E-state index < -0.39 is 0 Å². The van der Waals surface area contributed by atoms with Gasteiger partial charge in [0.1, 0.15) is 10.8 Å². The Kier molecular flexibility index (Phi) is 3.58. The van der Waals surface area contributed by atoms with Crippen LogP contribution in [0.3, 0.4) is 0 Å². The number of hydrogen-bond donors (Lipinski definition) is 2. The molecule has 0 aromatic carbocycles. The van der Waals surface area contributed by atoms with Gasteiger partial charge in [0.15, 0.2) is 0 Å². The molecule has 3 N–H and O–H groups in total. The largest absolute Gasteiger partial charge is 0.403 e. The summed E-state index contributed by atoms with van der Waals surface area (Å²) >= 11 is 1.66. The number of fused-ring (bicyclic) bond motifs is 1. The van der Waals surface area contributed by atoms with Crippen molar-refractivity contribution in [3.05, 3.63) is 22.8 Å². The highest BCUT2D eigenvalue weighted by atomic mass is 32.1. The van der Waals surface area contributed by atoms with Crippen molar-refractivity contribution in [2.75, 3.05) is 23.8 Å². The Morgan fingerprint density at radius 1 is 1.67 bits per heavy atom. The zero-order valence-corrected chi connectivity index (χ0v) is 11.6. The summed E-state index contributed by atoms with van der Waals surface area (Å²) < 4.78 is 0. The van der Waals surface area contributed by atoms with Crippen molar-refractivity contribution < 1.29 is 0 Å². The molecule has 0 spiro atoms. The normalized spacial score (nSPS) is 16.9. The van der Waals surface area contributed by atoms with Gasteiger partial charge in [-0.1, -0.05) is 5.92 Å². The minimum atomic E-state index is 0.711. The van der Waals surface area contributed by atoms with Crippen LogP contribution in [0.15, 0.2) is 23.0 Å². The molecule has 1 aliphatic heterocycles. The first-order valence-corrected chi connectivity index (χ1v) is 6.46. The van der Waals surface area contributed by atoms with Crippen LogP contribution in [0, 0.1) is 11.8 Å². The van der Waals surface area contributed by atoms with Gasteiger partial charge in [-0.05, 0) is 19.9 Å². The molecule has 94 valence electrons. The van der Waals surface area contributed by atoms with E-state index in [1.54, 1.807) is 24.6 Å². The SMILES string of the molecule is CC#Cc1cc2c(s1)N(/C(C)=C\N)CC(=NC)N2. The molecule has 5 heteroatoms. The van der Waals surface area contributed by atoms with Crippen LogP contribution >= 0.6 is 11.3 Å². The van der Waals surface area contributed by atoms with Crippen LogP contribution in [0.4, 0.5) is 10.7 Å². The number of allylic oxidation sites excluding steroid dienone is 1. The Morgan fingerprint density at radius 2 is 2.44 bits per heavy atom. The third-order valence-corrected chi connectivity index (χ3v) is 3.80. The number of aliphatic imine (C=N–C) groups is 1. The van der Waals surface area contributed by atoms with Gasteiger partial charge in [-0.25, -0.2) is 0 Å². The number of anilines is 2. The molecule has 2 rings (SSSR count). The molecule has 4 nitrogen and oxygen atoms in total. The lowest BCUT2D eigenvalue weighted by atomic mass is 10.3. The molecule has 0 saturated heterocycles. The summed E-state index contributed by atoms with van der Waals surface area (Å²) in [5.74, 6) is 6.94. The van der Waals surface area contributed by atoms with Crippen LogP contribution in [0.2, 0.25) is 0 Å². The Bertz CT molecular complexity index is 572. The predicted molar refractivity (Wildman–Crippen MR) is 79.1 cm³/mol. The lowest BCUT2D eigenvalue weighted by Gasteiger charge is -2.30. The number of nitrogens with two attached hydrogens (primary N) is 1. The minimum Gasteiger partial charge on any atom is -0.403 e. The van der Waals surface area contributed by atoms with E-state index in [9.17, 15) is 0 Å². The maximum Gasteiger partial charge on any atom is 0.121 e. The van der Waals surface area contributed by atoms with Gasteiger partial charge in [-0.2, -0.15) is 0 Å². The molecule has 0 radical (unpaired) electrons.